The van der Waals surface area contributed by atoms with Gasteiger partial charge in [-0.15, -0.1) is 11.3 Å². The molecule has 2 heterocycles. The van der Waals surface area contributed by atoms with Crippen LogP contribution >= 0.6 is 22.9 Å². The summed E-state index contributed by atoms with van der Waals surface area (Å²) in [4.78, 5) is 27.6. The van der Waals surface area contributed by atoms with Crippen LogP contribution in [0.15, 0.2) is 29.6 Å². The zero-order valence-corrected chi connectivity index (χ0v) is 19.7. The first-order chi connectivity index (χ1) is 14.5. The van der Waals surface area contributed by atoms with Gasteiger partial charge in [-0.25, -0.2) is 14.8 Å². The standard InChI is InChI=1S/C22H28ClN3O4S/c1-14(2)18(11-27)26(20-24-17(12-31-20)19(28)29)25-10-9-22(30,21(3,4)13-25)15-5-7-16(23)8-6-15/h5-8,11-12,14,18,30H,9-10,13H2,1-4H3,(H,28,29)/t18-,22-/m0/s1. The minimum atomic E-state index is -1.11. The molecule has 0 spiro atoms. The number of hydrazine groups is 1. The van der Waals surface area contributed by atoms with E-state index in [0.29, 0.717) is 29.7 Å². The number of aldehydes is 1. The summed E-state index contributed by atoms with van der Waals surface area (Å²) in [5, 5.41) is 27.3. The van der Waals surface area contributed by atoms with Crippen LogP contribution in [-0.4, -0.2) is 51.6 Å². The molecule has 168 valence electrons. The first-order valence-corrected chi connectivity index (χ1v) is 11.4. The lowest BCUT2D eigenvalue weighted by Gasteiger charge is -2.53. The average Bonchev–Trinajstić information content (AvgIpc) is 3.18. The van der Waals surface area contributed by atoms with Gasteiger partial charge in [-0.05, 0) is 30.0 Å². The molecule has 1 aromatic heterocycles. The van der Waals surface area contributed by atoms with Crippen LogP contribution in [0, 0.1) is 11.3 Å². The molecule has 1 fully saturated rings. The van der Waals surface area contributed by atoms with Crippen LogP contribution in [0.4, 0.5) is 5.13 Å². The highest BCUT2D eigenvalue weighted by atomic mass is 35.5. The van der Waals surface area contributed by atoms with Gasteiger partial charge in [0, 0.05) is 28.9 Å². The van der Waals surface area contributed by atoms with Crippen LogP contribution in [0.25, 0.3) is 0 Å². The maximum absolute atomic E-state index is 12.0. The van der Waals surface area contributed by atoms with Crippen molar-refractivity contribution in [3.63, 3.8) is 0 Å². The lowest BCUT2D eigenvalue weighted by atomic mass is 9.67. The van der Waals surface area contributed by atoms with Gasteiger partial charge >= 0.3 is 5.97 Å². The summed E-state index contributed by atoms with van der Waals surface area (Å²) in [6.45, 7) is 8.78. The molecule has 2 aromatic rings. The fourth-order valence-electron chi connectivity index (χ4n) is 4.14. The molecule has 2 atom stereocenters. The lowest BCUT2D eigenvalue weighted by Crippen LogP contribution is -2.62. The molecule has 1 aliphatic heterocycles. The number of hydrogen-bond donors (Lipinski definition) is 2. The number of anilines is 1. The number of rotatable bonds is 7. The highest BCUT2D eigenvalue weighted by Gasteiger charge is 2.50. The van der Waals surface area contributed by atoms with Gasteiger partial charge in [-0.1, -0.05) is 51.4 Å². The fourth-order valence-corrected chi connectivity index (χ4v) is 5.13. The topological polar surface area (TPSA) is 94.0 Å². The number of carbonyl (C=O) groups is 2. The minimum Gasteiger partial charge on any atom is -0.476 e. The Morgan fingerprint density at radius 1 is 1.32 bits per heavy atom. The van der Waals surface area contributed by atoms with Crippen molar-refractivity contribution in [1.29, 1.82) is 0 Å². The number of benzene rings is 1. The van der Waals surface area contributed by atoms with Gasteiger partial charge in [0.15, 0.2) is 5.69 Å². The molecule has 7 nitrogen and oxygen atoms in total. The molecule has 2 N–H and O–H groups in total. The number of carboxylic acid groups (broad SMARTS) is 1. The fraction of sp³-hybridized carbons (Fsp3) is 0.500. The smallest absolute Gasteiger partial charge is 0.355 e. The van der Waals surface area contributed by atoms with Gasteiger partial charge in [0.05, 0.1) is 5.60 Å². The summed E-state index contributed by atoms with van der Waals surface area (Å²) in [7, 11) is 0. The minimum absolute atomic E-state index is 0.0186. The highest BCUT2D eigenvalue weighted by molar-refractivity contribution is 7.13. The zero-order valence-electron chi connectivity index (χ0n) is 18.1. The van der Waals surface area contributed by atoms with E-state index in [-0.39, 0.29) is 11.6 Å². The molecule has 9 heteroatoms. The number of halogens is 1. The van der Waals surface area contributed by atoms with Gasteiger partial charge in [0.2, 0.25) is 5.13 Å². The predicted molar refractivity (Wildman–Crippen MR) is 122 cm³/mol. The molecule has 31 heavy (non-hydrogen) atoms. The average molecular weight is 466 g/mol. The number of piperidine rings is 1. The number of nitrogens with zero attached hydrogens (tertiary/aromatic N) is 3. The largest absolute Gasteiger partial charge is 0.476 e. The normalized spacial score (nSPS) is 22.3. The molecule has 0 unspecified atom stereocenters. The van der Waals surface area contributed by atoms with Crippen LogP contribution < -0.4 is 5.01 Å². The van der Waals surface area contributed by atoms with Gasteiger partial charge in [-0.3, -0.25) is 5.01 Å². The molecular formula is C22H28ClN3O4S. The van der Waals surface area contributed by atoms with E-state index >= 15 is 0 Å². The Labute approximate surface area is 191 Å². The Morgan fingerprint density at radius 3 is 2.45 bits per heavy atom. The van der Waals surface area contributed by atoms with E-state index in [2.05, 4.69) is 4.98 Å². The van der Waals surface area contributed by atoms with Gasteiger partial charge in [0.1, 0.15) is 12.3 Å². The molecule has 0 saturated carbocycles. The van der Waals surface area contributed by atoms with E-state index in [1.54, 1.807) is 17.1 Å². The van der Waals surface area contributed by atoms with Crippen molar-refractivity contribution in [3.05, 3.63) is 45.9 Å². The highest BCUT2D eigenvalue weighted by Crippen LogP contribution is 2.47. The molecule has 0 amide bonds. The third-order valence-electron chi connectivity index (χ3n) is 6.07. The summed E-state index contributed by atoms with van der Waals surface area (Å²) in [6, 6.07) is 6.73. The van der Waals surface area contributed by atoms with Crippen molar-refractivity contribution in [3.8, 4) is 0 Å². The monoisotopic (exact) mass is 465 g/mol. The van der Waals surface area contributed by atoms with Crippen LogP contribution in [0.3, 0.4) is 0 Å². The summed E-state index contributed by atoms with van der Waals surface area (Å²) >= 11 is 7.22. The van der Waals surface area contributed by atoms with E-state index in [4.69, 9.17) is 11.6 Å². The maximum atomic E-state index is 12.0. The molecule has 1 aliphatic rings. The molecule has 3 rings (SSSR count). The van der Waals surface area contributed by atoms with Crippen LogP contribution in [0.1, 0.15) is 50.2 Å². The summed E-state index contributed by atoms with van der Waals surface area (Å²) < 4.78 is 0. The quantitative estimate of drug-likeness (QED) is 0.595. The van der Waals surface area contributed by atoms with E-state index in [9.17, 15) is 19.8 Å². The van der Waals surface area contributed by atoms with Crippen molar-refractivity contribution < 1.29 is 19.8 Å². The number of thiazole rings is 1. The van der Waals surface area contributed by atoms with E-state index in [0.717, 1.165) is 11.8 Å². The molecule has 1 saturated heterocycles. The van der Waals surface area contributed by atoms with Crippen molar-refractivity contribution in [2.75, 3.05) is 18.1 Å². The predicted octanol–water partition coefficient (Wildman–Crippen LogP) is 4.06. The second-order valence-corrected chi connectivity index (χ2v) is 10.2. The molecule has 0 bridgehead atoms. The van der Waals surface area contributed by atoms with Crippen molar-refractivity contribution in [2.45, 2.75) is 45.8 Å². The maximum Gasteiger partial charge on any atom is 0.355 e. The molecule has 0 aliphatic carbocycles. The Kier molecular flexibility index (Phi) is 6.76. The summed E-state index contributed by atoms with van der Waals surface area (Å²) in [6.07, 6.45) is 1.30. The van der Waals surface area contributed by atoms with Crippen molar-refractivity contribution >= 4 is 40.3 Å². The van der Waals surface area contributed by atoms with Crippen molar-refractivity contribution in [1.82, 2.24) is 9.99 Å². The third-order valence-corrected chi connectivity index (χ3v) is 7.15. The first-order valence-electron chi connectivity index (χ1n) is 10.2. The Hall–Kier alpha value is -2.00. The molecule has 1 aromatic carbocycles. The first kappa shape index (κ1) is 23.7. The number of aromatic nitrogens is 1. The second-order valence-electron chi connectivity index (χ2n) is 8.92. The number of carbonyl (C=O) groups excluding carboxylic acids is 1. The number of aliphatic hydroxyl groups is 1. The number of aromatic carboxylic acids is 1. The number of hydrogen-bond acceptors (Lipinski definition) is 7. The SMILES string of the molecule is CC(C)[C@H](C=O)N(c1nc(C(=O)O)cs1)N1CC[C@](O)(c2ccc(Cl)cc2)C(C)(C)C1. The summed E-state index contributed by atoms with van der Waals surface area (Å²) in [5.41, 5.74) is -0.906. The van der Waals surface area contributed by atoms with Gasteiger partial charge < -0.3 is 15.0 Å². The lowest BCUT2D eigenvalue weighted by molar-refractivity contribution is -0.131. The Bertz CT molecular complexity index is 946. The summed E-state index contributed by atoms with van der Waals surface area (Å²) in [5.74, 6) is -1.12. The third kappa shape index (κ3) is 4.48. The zero-order chi connectivity index (χ0) is 23.0. The van der Waals surface area contributed by atoms with Crippen LogP contribution in [0.2, 0.25) is 5.02 Å². The van der Waals surface area contributed by atoms with Crippen LogP contribution in [-0.2, 0) is 10.4 Å². The number of carboxylic acids is 1. The molecule has 0 radical (unpaired) electrons. The van der Waals surface area contributed by atoms with Crippen LogP contribution in [0.5, 0.6) is 0 Å². The molecular weight excluding hydrogens is 438 g/mol. The van der Waals surface area contributed by atoms with Gasteiger partial charge in [-0.2, -0.15) is 0 Å². The Morgan fingerprint density at radius 2 is 1.97 bits per heavy atom. The van der Waals surface area contributed by atoms with Gasteiger partial charge in [0.25, 0.3) is 0 Å². The van der Waals surface area contributed by atoms with Crippen molar-refractivity contribution in [2.24, 2.45) is 11.3 Å². The Balaban J connectivity index is 1.97. The van der Waals surface area contributed by atoms with E-state index in [1.807, 2.05) is 44.8 Å². The second kappa shape index (κ2) is 8.86. The van der Waals surface area contributed by atoms with E-state index in [1.165, 1.54) is 16.7 Å². The van der Waals surface area contributed by atoms with E-state index < -0.39 is 23.0 Å².